The van der Waals surface area contributed by atoms with Crippen molar-refractivity contribution in [2.24, 2.45) is 5.73 Å². The molecular weight excluding hydrogens is 272 g/mol. The average Bonchev–Trinajstić information content (AvgIpc) is 3.08. The maximum absolute atomic E-state index is 5.80. The Hall–Kier alpha value is -2.05. The van der Waals surface area contributed by atoms with Gasteiger partial charge in [0, 0.05) is 10.9 Å². The molecule has 6 heteroatoms. The van der Waals surface area contributed by atoms with E-state index in [0.717, 1.165) is 10.6 Å². The van der Waals surface area contributed by atoms with Crippen molar-refractivity contribution in [1.29, 1.82) is 0 Å². The first-order valence-corrected chi connectivity index (χ1v) is 7.13. The molecule has 0 bridgehead atoms. The maximum atomic E-state index is 5.80. The molecule has 3 aromatic rings. The number of aryl methyl sites for hydroxylation is 1. The van der Waals surface area contributed by atoms with Crippen LogP contribution in [-0.4, -0.2) is 15.1 Å². The first-order chi connectivity index (χ1) is 9.63. The van der Waals surface area contributed by atoms with Gasteiger partial charge in [-0.05, 0) is 13.8 Å². The van der Waals surface area contributed by atoms with Crippen molar-refractivity contribution in [2.75, 3.05) is 0 Å². The van der Waals surface area contributed by atoms with Gasteiger partial charge in [0.15, 0.2) is 0 Å². The summed E-state index contributed by atoms with van der Waals surface area (Å²) in [6, 6.07) is 7.88. The highest BCUT2D eigenvalue weighted by Gasteiger charge is 2.14. The minimum Gasteiger partial charge on any atom is -0.332 e. The molecule has 0 amide bonds. The molecule has 0 radical (unpaired) electrons. The third-order valence-electron chi connectivity index (χ3n) is 2.87. The van der Waals surface area contributed by atoms with Gasteiger partial charge in [0.2, 0.25) is 5.82 Å². The molecule has 1 unspecified atom stereocenters. The van der Waals surface area contributed by atoms with Gasteiger partial charge in [0.05, 0.1) is 6.04 Å². The zero-order valence-electron chi connectivity index (χ0n) is 11.2. The van der Waals surface area contributed by atoms with Crippen molar-refractivity contribution in [1.82, 2.24) is 15.1 Å². The van der Waals surface area contributed by atoms with E-state index in [-0.39, 0.29) is 6.04 Å². The van der Waals surface area contributed by atoms with E-state index in [2.05, 4.69) is 15.1 Å². The van der Waals surface area contributed by atoms with E-state index in [1.807, 2.05) is 43.5 Å². The van der Waals surface area contributed by atoms with E-state index in [1.165, 1.54) is 16.9 Å². The Morgan fingerprint density at radius 1 is 1.20 bits per heavy atom. The van der Waals surface area contributed by atoms with E-state index in [0.29, 0.717) is 17.4 Å². The molecule has 0 fully saturated rings. The Balaban J connectivity index is 1.91. The van der Waals surface area contributed by atoms with Crippen LogP contribution in [0.5, 0.6) is 0 Å². The molecule has 1 atom stereocenters. The maximum Gasteiger partial charge on any atom is 0.277 e. The lowest BCUT2D eigenvalue weighted by Gasteiger charge is -1.95. The summed E-state index contributed by atoms with van der Waals surface area (Å²) in [4.78, 5) is 8.78. The minimum atomic E-state index is -0.0896. The molecule has 0 aliphatic rings. The molecule has 1 aromatic carbocycles. The normalized spacial score (nSPS) is 12.6. The number of benzene rings is 1. The summed E-state index contributed by atoms with van der Waals surface area (Å²) >= 11 is 1.50. The number of hydrogen-bond acceptors (Lipinski definition) is 6. The second kappa shape index (κ2) is 5.15. The van der Waals surface area contributed by atoms with Gasteiger partial charge in [-0.25, -0.2) is 4.98 Å². The summed E-state index contributed by atoms with van der Waals surface area (Å²) in [5.74, 6) is 0.985. The summed E-state index contributed by atoms with van der Waals surface area (Å²) in [5, 5.41) is 6.73. The Morgan fingerprint density at radius 2 is 1.95 bits per heavy atom. The average molecular weight is 286 g/mol. The fourth-order valence-corrected chi connectivity index (χ4v) is 2.49. The lowest BCUT2D eigenvalue weighted by atomic mass is 10.1. The van der Waals surface area contributed by atoms with Crippen LogP contribution in [0.1, 0.15) is 23.5 Å². The molecule has 2 aromatic heterocycles. The van der Waals surface area contributed by atoms with Gasteiger partial charge in [0.25, 0.3) is 5.89 Å². The summed E-state index contributed by atoms with van der Waals surface area (Å²) < 4.78 is 5.27. The Labute approximate surface area is 120 Å². The highest BCUT2D eigenvalue weighted by atomic mass is 32.1. The summed E-state index contributed by atoms with van der Waals surface area (Å²) in [6.45, 7) is 3.93. The molecular formula is C14H14N4OS. The lowest BCUT2D eigenvalue weighted by molar-refractivity contribution is 0.431. The van der Waals surface area contributed by atoms with Crippen LogP contribution < -0.4 is 5.73 Å². The topological polar surface area (TPSA) is 77.8 Å². The molecule has 2 N–H and O–H groups in total. The van der Waals surface area contributed by atoms with Crippen molar-refractivity contribution in [3.8, 4) is 23.0 Å². The van der Waals surface area contributed by atoms with Crippen LogP contribution in [0.2, 0.25) is 0 Å². The van der Waals surface area contributed by atoms with Crippen LogP contribution in [0.15, 0.2) is 34.2 Å². The van der Waals surface area contributed by atoms with Gasteiger partial charge in [-0.3, -0.25) is 0 Å². The minimum absolute atomic E-state index is 0.0896. The molecule has 102 valence electrons. The molecule has 2 heterocycles. The van der Waals surface area contributed by atoms with Crippen molar-refractivity contribution >= 4 is 11.3 Å². The molecule has 0 saturated heterocycles. The van der Waals surface area contributed by atoms with E-state index in [9.17, 15) is 0 Å². The van der Waals surface area contributed by atoms with E-state index in [4.69, 9.17) is 10.3 Å². The third kappa shape index (κ3) is 2.48. The van der Waals surface area contributed by atoms with Gasteiger partial charge in [0.1, 0.15) is 10.7 Å². The van der Waals surface area contributed by atoms with Gasteiger partial charge >= 0.3 is 0 Å². The fourth-order valence-electron chi connectivity index (χ4n) is 1.74. The number of nitrogens with two attached hydrogens (primary N) is 1. The monoisotopic (exact) mass is 286 g/mol. The van der Waals surface area contributed by atoms with Crippen molar-refractivity contribution < 1.29 is 4.52 Å². The quantitative estimate of drug-likeness (QED) is 0.800. The van der Waals surface area contributed by atoms with E-state index in [1.54, 1.807) is 0 Å². The number of nitrogens with zero attached hydrogens (tertiary/aromatic N) is 3. The molecule has 5 nitrogen and oxygen atoms in total. The second-order valence-corrected chi connectivity index (χ2v) is 5.54. The van der Waals surface area contributed by atoms with Crippen LogP contribution in [0.3, 0.4) is 0 Å². The molecule has 20 heavy (non-hydrogen) atoms. The second-order valence-electron chi connectivity index (χ2n) is 4.65. The van der Waals surface area contributed by atoms with Crippen LogP contribution >= 0.6 is 11.3 Å². The highest BCUT2D eigenvalue weighted by Crippen LogP contribution is 2.25. The highest BCUT2D eigenvalue weighted by molar-refractivity contribution is 7.10. The van der Waals surface area contributed by atoms with Crippen LogP contribution in [0.25, 0.3) is 23.0 Å². The fraction of sp³-hybridized carbons (Fsp3) is 0.214. The molecule has 0 saturated carbocycles. The van der Waals surface area contributed by atoms with E-state index >= 15 is 0 Å². The van der Waals surface area contributed by atoms with Crippen LogP contribution in [0, 0.1) is 6.92 Å². The molecule has 0 aliphatic heterocycles. The first kappa shape index (κ1) is 13.0. The Bertz CT molecular complexity index is 715. The Morgan fingerprint density at radius 3 is 2.60 bits per heavy atom. The number of aromatic nitrogens is 3. The number of hydrogen-bond donors (Lipinski definition) is 1. The van der Waals surface area contributed by atoms with Crippen molar-refractivity contribution in [3.63, 3.8) is 0 Å². The summed E-state index contributed by atoms with van der Waals surface area (Å²) in [5.41, 5.74) is 8.59. The van der Waals surface area contributed by atoms with Crippen LogP contribution in [-0.2, 0) is 0 Å². The van der Waals surface area contributed by atoms with Crippen molar-refractivity contribution in [3.05, 3.63) is 40.2 Å². The standard InChI is InChI=1S/C14H14N4OS/c1-8-3-5-10(6-4-8)12-17-13(19-18-12)11-7-20-14(16-11)9(2)15/h3-7,9H,15H2,1-2H3. The predicted molar refractivity (Wildman–Crippen MR) is 78.2 cm³/mol. The SMILES string of the molecule is Cc1ccc(-c2noc(-c3csc(C(C)N)n3)n2)cc1. The van der Waals surface area contributed by atoms with Crippen LogP contribution in [0.4, 0.5) is 0 Å². The smallest absolute Gasteiger partial charge is 0.277 e. The van der Waals surface area contributed by atoms with Gasteiger partial charge in [-0.15, -0.1) is 11.3 Å². The summed E-state index contributed by atoms with van der Waals surface area (Å²) in [7, 11) is 0. The van der Waals surface area contributed by atoms with Gasteiger partial charge in [-0.1, -0.05) is 35.0 Å². The number of rotatable bonds is 3. The molecule has 0 aliphatic carbocycles. The van der Waals surface area contributed by atoms with Gasteiger partial charge < -0.3 is 10.3 Å². The largest absolute Gasteiger partial charge is 0.332 e. The molecule has 0 spiro atoms. The third-order valence-corrected chi connectivity index (χ3v) is 3.91. The predicted octanol–water partition coefficient (Wildman–Crippen LogP) is 3.19. The Kier molecular flexibility index (Phi) is 3.33. The lowest BCUT2D eigenvalue weighted by Crippen LogP contribution is -2.03. The summed E-state index contributed by atoms with van der Waals surface area (Å²) in [6.07, 6.45) is 0. The van der Waals surface area contributed by atoms with Gasteiger partial charge in [-0.2, -0.15) is 4.98 Å². The first-order valence-electron chi connectivity index (χ1n) is 6.25. The zero-order valence-corrected chi connectivity index (χ0v) is 12.0. The number of thiazole rings is 1. The molecule has 3 rings (SSSR count). The van der Waals surface area contributed by atoms with E-state index < -0.39 is 0 Å². The zero-order chi connectivity index (χ0) is 14.1. The van der Waals surface area contributed by atoms with Crippen molar-refractivity contribution in [2.45, 2.75) is 19.9 Å².